The highest BCUT2D eigenvalue weighted by molar-refractivity contribution is 7.88. The van der Waals surface area contributed by atoms with Crippen LogP contribution in [0.1, 0.15) is 31.7 Å². The number of H-pyrrole nitrogens is 2. The van der Waals surface area contributed by atoms with Crippen LogP contribution in [0.4, 0.5) is 10.1 Å². The van der Waals surface area contributed by atoms with Gasteiger partial charge in [-0.05, 0) is 60.9 Å². The predicted molar refractivity (Wildman–Crippen MR) is 168 cm³/mol. The van der Waals surface area contributed by atoms with Gasteiger partial charge in [0.2, 0.25) is 10.0 Å². The minimum absolute atomic E-state index is 0.0402. The number of halogens is 1. The number of anilines is 1. The molecule has 0 bridgehead atoms. The first kappa shape index (κ1) is 29.4. The van der Waals surface area contributed by atoms with Crippen LogP contribution in [0, 0.1) is 5.82 Å². The topological polar surface area (TPSA) is 162 Å². The first-order valence-electron chi connectivity index (χ1n) is 14.1. The van der Waals surface area contributed by atoms with Gasteiger partial charge in [-0.25, -0.2) is 17.5 Å². The largest absolute Gasteiger partial charge is 0.374 e. The summed E-state index contributed by atoms with van der Waals surface area (Å²) in [6, 6.07) is 12.0. The van der Waals surface area contributed by atoms with Gasteiger partial charge in [-0.1, -0.05) is 13.3 Å². The molecule has 6 rings (SSSR count). The second kappa shape index (κ2) is 12.1. The Balaban J connectivity index is 1.34. The van der Waals surface area contributed by atoms with Gasteiger partial charge in [0.25, 0.3) is 0 Å². The second-order valence-corrected chi connectivity index (χ2v) is 12.5. The van der Waals surface area contributed by atoms with Crippen molar-refractivity contribution in [3.05, 3.63) is 78.6 Å². The third-order valence-electron chi connectivity index (χ3n) is 7.22. The highest BCUT2D eigenvalue weighted by Crippen LogP contribution is 2.34. The Morgan fingerprint density at radius 2 is 1.82 bits per heavy atom. The van der Waals surface area contributed by atoms with Gasteiger partial charge in [0.15, 0.2) is 0 Å². The van der Waals surface area contributed by atoms with Crippen LogP contribution in [0.5, 0.6) is 0 Å². The molecular formula is C31H31FN8O3S. The minimum atomic E-state index is -3.44. The molecule has 1 aromatic carbocycles. The monoisotopic (exact) mass is 614 g/mol. The number of aromatic amines is 2. The Kier molecular flexibility index (Phi) is 8.08. The number of benzene rings is 1. The van der Waals surface area contributed by atoms with Crippen molar-refractivity contribution < 1.29 is 17.9 Å². The summed E-state index contributed by atoms with van der Waals surface area (Å²) in [5.74, 6) is -0.495. The van der Waals surface area contributed by atoms with Crippen molar-refractivity contribution in [2.75, 3.05) is 11.6 Å². The average Bonchev–Trinajstić information content (AvgIpc) is 3.62. The average molecular weight is 615 g/mol. The van der Waals surface area contributed by atoms with Crippen LogP contribution >= 0.6 is 0 Å². The molecule has 1 unspecified atom stereocenters. The van der Waals surface area contributed by atoms with Crippen LogP contribution in [0.25, 0.3) is 55.7 Å². The maximum absolute atomic E-state index is 14.6. The Hall–Kier alpha value is -4.72. The summed E-state index contributed by atoms with van der Waals surface area (Å²) in [6.45, 7) is 2.04. The van der Waals surface area contributed by atoms with Crippen LogP contribution in [0.2, 0.25) is 0 Å². The normalized spacial score (nSPS) is 12.6. The zero-order valence-electron chi connectivity index (χ0n) is 24.1. The zero-order chi connectivity index (χ0) is 30.8. The lowest BCUT2D eigenvalue weighted by Crippen LogP contribution is -2.21. The summed E-state index contributed by atoms with van der Waals surface area (Å²) in [6.07, 6.45) is 9.69. The van der Waals surface area contributed by atoms with E-state index >= 15 is 0 Å². The Bertz CT molecular complexity index is 2080. The number of nitrogens with zero attached hydrogens (tertiary/aromatic N) is 4. The molecule has 0 saturated heterocycles. The molecule has 5 N–H and O–H groups in total. The molecule has 44 heavy (non-hydrogen) atoms. The number of aliphatic hydroxyl groups excluding tert-OH is 1. The molecule has 0 spiro atoms. The molecule has 11 nitrogen and oxygen atoms in total. The Labute approximate surface area is 253 Å². The fourth-order valence-electron chi connectivity index (χ4n) is 5.12. The van der Waals surface area contributed by atoms with Crippen molar-refractivity contribution >= 4 is 37.5 Å². The maximum atomic E-state index is 14.6. The summed E-state index contributed by atoms with van der Waals surface area (Å²) in [7, 11) is -3.44. The minimum Gasteiger partial charge on any atom is -0.374 e. The van der Waals surface area contributed by atoms with Gasteiger partial charge < -0.3 is 15.4 Å². The van der Waals surface area contributed by atoms with Crippen LogP contribution in [-0.4, -0.2) is 56.1 Å². The first-order chi connectivity index (χ1) is 21.2. The fraction of sp³-hybridized carbons (Fsp3) is 0.226. The molecule has 5 heterocycles. The summed E-state index contributed by atoms with van der Waals surface area (Å²) in [5, 5.41) is 22.6. The predicted octanol–water partition coefficient (Wildman–Crippen LogP) is 5.34. The molecule has 0 aliphatic rings. The van der Waals surface area contributed by atoms with Crippen LogP contribution in [-0.2, 0) is 16.6 Å². The van der Waals surface area contributed by atoms with E-state index < -0.39 is 22.1 Å². The highest BCUT2D eigenvalue weighted by Gasteiger charge is 2.17. The van der Waals surface area contributed by atoms with Crippen molar-refractivity contribution in [3.8, 4) is 33.9 Å². The van der Waals surface area contributed by atoms with E-state index in [1.807, 2.05) is 24.3 Å². The molecule has 0 saturated carbocycles. The van der Waals surface area contributed by atoms with Gasteiger partial charge in [0, 0.05) is 46.4 Å². The Morgan fingerprint density at radius 3 is 2.64 bits per heavy atom. The van der Waals surface area contributed by atoms with Gasteiger partial charge >= 0.3 is 0 Å². The number of unbranched alkanes of at least 4 members (excludes halogenated alkanes) is 1. The smallest absolute Gasteiger partial charge is 0.209 e. The van der Waals surface area contributed by atoms with Crippen molar-refractivity contribution in [3.63, 3.8) is 0 Å². The van der Waals surface area contributed by atoms with Crippen molar-refractivity contribution in [2.45, 2.75) is 39.0 Å². The molecule has 1 atom stereocenters. The molecule has 0 radical (unpaired) electrons. The Morgan fingerprint density at radius 1 is 0.977 bits per heavy atom. The van der Waals surface area contributed by atoms with Crippen LogP contribution < -0.4 is 10.0 Å². The van der Waals surface area contributed by atoms with E-state index in [9.17, 15) is 17.9 Å². The number of aliphatic hydroxyl groups is 1. The number of hydrogen-bond acceptors (Lipinski definition) is 8. The van der Waals surface area contributed by atoms with Gasteiger partial charge in [0.1, 0.15) is 17.7 Å². The molecule has 0 aliphatic carbocycles. The molecule has 6 aromatic rings. The molecule has 0 aliphatic heterocycles. The summed E-state index contributed by atoms with van der Waals surface area (Å²) >= 11 is 0. The lowest BCUT2D eigenvalue weighted by molar-refractivity contribution is 0.190. The third-order valence-corrected chi connectivity index (χ3v) is 7.89. The number of nitrogens with one attached hydrogen (secondary N) is 4. The number of aromatic nitrogens is 6. The summed E-state index contributed by atoms with van der Waals surface area (Å²) in [5.41, 5.74) is 6.61. The standard InChI is InChI=1S/C31H31FN8O3S/c1-3-4-5-29(41)37-22-11-20(15-33-16-22)26-12-24-28(17-35-26)39-40-31(24)27-13-23-25(38-27)6-7-34-30(23)19-8-18(9-21(32)10-19)14-36-44(2,42)43/h6-13,15-17,29,36-38,41H,3-5,14H2,1-2H3,(H,39,40). The molecule has 5 aromatic heterocycles. The molecule has 13 heteroatoms. The van der Waals surface area contributed by atoms with E-state index in [4.69, 9.17) is 0 Å². The SMILES string of the molecule is CCCCC(O)Nc1cncc(-c2cc3c(-c4cc5c(-c6cc(F)cc(CNS(C)(=O)=O)c6)nccc5[nH]4)n[nH]c3cn2)c1. The zero-order valence-corrected chi connectivity index (χ0v) is 24.9. The van der Waals surface area contributed by atoms with Gasteiger partial charge in [-0.3, -0.25) is 20.1 Å². The van der Waals surface area contributed by atoms with Gasteiger partial charge in [0.05, 0.1) is 46.9 Å². The van der Waals surface area contributed by atoms with E-state index in [0.717, 1.165) is 52.2 Å². The summed E-state index contributed by atoms with van der Waals surface area (Å²) in [4.78, 5) is 16.9. The molecular weight excluding hydrogens is 583 g/mol. The van der Waals surface area contributed by atoms with Gasteiger partial charge in [-0.15, -0.1) is 0 Å². The number of hydrogen-bond donors (Lipinski definition) is 5. The first-order valence-corrected chi connectivity index (χ1v) is 16.0. The maximum Gasteiger partial charge on any atom is 0.209 e. The molecule has 0 amide bonds. The third kappa shape index (κ3) is 6.44. The lowest BCUT2D eigenvalue weighted by Gasteiger charge is -2.14. The quantitative estimate of drug-likeness (QED) is 0.122. The fourth-order valence-corrected chi connectivity index (χ4v) is 5.54. The lowest BCUT2D eigenvalue weighted by atomic mass is 10.0. The highest BCUT2D eigenvalue weighted by atomic mass is 32.2. The van der Waals surface area contributed by atoms with E-state index in [1.54, 1.807) is 30.9 Å². The van der Waals surface area contributed by atoms with E-state index in [2.05, 4.69) is 47.1 Å². The van der Waals surface area contributed by atoms with E-state index in [1.165, 1.54) is 12.1 Å². The second-order valence-electron chi connectivity index (χ2n) is 10.7. The van der Waals surface area contributed by atoms with E-state index in [0.29, 0.717) is 40.3 Å². The van der Waals surface area contributed by atoms with Crippen molar-refractivity contribution in [1.29, 1.82) is 0 Å². The number of pyridine rings is 3. The molecule has 0 fully saturated rings. The number of rotatable bonds is 11. The number of fused-ring (bicyclic) bond motifs is 2. The number of sulfonamides is 1. The van der Waals surface area contributed by atoms with Crippen LogP contribution in [0.15, 0.2) is 67.3 Å². The summed E-state index contributed by atoms with van der Waals surface area (Å²) < 4.78 is 40.1. The van der Waals surface area contributed by atoms with Crippen molar-refractivity contribution in [1.82, 2.24) is 34.9 Å². The van der Waals surface area contributed by atoms with Crippen LogP contribution in [0.3, 0.4) is 0 Å². The van der Waals surface area contributed by atoms with E-state index in [-0.39, 0.29) is 6.54 Å². The molecule has 226 valence electrons. The van der Waals surface area contributed by atoms with Gasteiger partial charge in [-0.2, -0.15) is 5.10 Å². The van der Waals surface area contributed by atoms with Crippen molar-refractivity contribution in [2.24, 2.45) is 0 Å².